The first-order valence-corrected chi connectivity index (χ1v) is 10.1. The molecule has 0 aliphatic carbocycles. The van der Waals surface area contributed by atoms with Crippen LogP contribution in [0.15, 0.2) is 30.6 Å². The molecule has 2 aromatic heterocycles. The maximum Gasteiger partial charge on any atom is 0.124 e. The highest BCUT2D eigenvalue weighted by atomic mass is 15.3. The van der Waals surface area contributed by atoms with Crippen LogP contribution < -0.4 is 0 Å². The highest BCUT2D eigenvalue weighted by Crippen LogP contribution is 2.41. The number of aromatic nitrogens is 4. The molecule has 0 amide bonds. The van der Waals surface area contributed by atoms with Gasteiger partial charge in [-0.2, -0.15) is 0 Å². The summed E-state index contributed by atoms with van der Waals surface area (Å²) in [5.74, 6) is 1.19. The monoisotopic (exact) mass is 364 g/mol. The van der Waals surface area contributed by atoms with Gasteiger partial charge in [0.25, 0.3) is 0 Å². The van der Waals surface area contributed by atoms with Crippen molar-refractivity contribution in [3.8, 4) is 0 Å². The number of nitrogens with one attached hydrogen (secondary N) is 1. The Hall–Kier alpha value is -2.18. The minimum Gasteiger partial charge on any atom is -0.348 e. The lowest BCUT2D eigenvalue weighted by Crippen LogP contribution is -2.54. The first-order valence-electron chi connectivity index (χ1n) is 10.1. The Labute approximate surface area is 160 Å². The molecule has 27 heavy (non-hydrogen) atoms. The summed E-state index contributed by atoms with van der Waals surface area (Å²) in [4.78, 5) is 18.1. The molecule has 0 bridgehead atoms. The number of aryl methyl sites for hydroxylation is 1. The number of hydrogen-bond donors (Lipinski definition) is 1. The van der Waals surface area contributed by atoms with Crippen molar-refractivity contribution in [2.24, 2.45) is 0 Å². The summed E-state index contributed by atoms with van der Waals surface area (Å²) in [6.45, 7) is 7.38. The van der Waals surface area contributed by atoms with Crippen molar-refractivity contribution in [3.05, 3.63) is 47.8 Å². The number of benzene rings is 1. The van der Waals surface area contributed by atoms with Crippen molar-refractivity contribution in [2.75, 3.05) is 26.7 Å². The number of fused-ring (bicyclic) bond motifs is 3. The molecule has 6 nitrogen and oxygen atoms in total. The third-order valence-corrected chi connectivity index (χ3v) is 6.69. The number of likely N-dealkylation sites (tertiary alicyclic amines) is 1. The highest BCUT2D eigenvalue weighted by molar-refractivity contribution is 5.75. The van der Waals surface area contributed by atoms with Crippen molar-refractivity contribution in [3.63, 3.8) is 0 Å². The van der Waals surface area contributed by atoms with Crippen molar-refractivity contribution in [1.29, 1.82) is 0 Å². The predicted molar refractivity (Wildman–Crippen MR) is 107 cm³/mol. The number of hydrogen-bond acceptors (Lipinski definition) is 4. The standard InChI is InChI=1S/C21H28N6/c1-3-27-18-7-5-4-6-16(18)24-19(27)14-26-12-9-21(10-13-26)20-17(22-15-23-20)8-11-25(21)2/h4-7,15H,3,8-14H2,1-2H3,(H,22,23). The molecule has 1 aromatic carbocycles. The minimum atomic E-state index is 0.106. The van der Waals surface area contributed by atoms with Crippen LogP contribution in [-0.4, -0.2) is 56.0 Å². The SMILES string of the molecule is CCn1c(CN2CCC3(CC2)c2nc[nH]c2CCN3C)nc2ccccc21. The number of H-pyrrole nitrogens is 1. The third kappa shape index (κ3) is 2.62. The van der Waals surface area contributed by atoms with Gasteiger partial charge in [-0.25, -0.2) is 9.97 Å². The molecular formula is C21H28N6. The number of piperidine rings is 1. The van der Waals surface area contributed by atoms with E-state index in [1.165, 1.54) is 22.7 Å². The van der Waals surface area contributed by atoms with Crippen LogP contribution in [0.4, 0.5) is 0 Å². The van der Waals surface area contributed by atoms with E-state index in [-0.39, 0.29) is 5.54 Å². The fourth-order valence-corrected chi connectivity index (χ4v) is 5.09. The van der Waals surface area contributed by atoms with Crippen LogP contribution in [0.2, 0.25) is 0 Å². The van der Waals surface area contributed by atoms with E-state index in [0.29, 0.717) is 0 Å². The third-order valence-electron chi connectivity index (χ3n) is 6.69. The lowest BCUT2D eigenvalue weighted by Gasteiger charge is -2.49. The van der Waals surface area contributed by atoms with Crippen molar-refractivity contribution < 1.29 is 0 Å². The van der Waals surface area contributed by atoms with Crippen LogP contribution in [-0.2, 0) is 25.0 Å². The second kappa shape index (κ2) is 6.46. The van der Waals surface area contributed by atoms with E-state index >= 15 is 0 Å². The lowest BCUT2D eigenvalue weighted by atomic mass is 9.79. The van der Waals surface area contributed by atoms with Gasteiger partial charge in [-0.05, 0) is 38.9 Å². The zero-order valence-electron chi connectivity index (χ0n) is 16.3. The van der Waals surface area contributed by atoms with Crippen LogP contribution in [0.25, 0.3) is 11.0 Å². The largest absolute Gasteiger partial charge is 0.348 e. The Morgan fingerprint density at radius 1 is 1.15 bits per heavy atom. The zero-order valence-corrected chi connectivity index (χ0v) is 16.3. The van der Waals surface area contributed by atoms with Gasteiger partial charge in [-0.3, -0.25) is 9.80 Å². The molecule has 2 aliphatic heterocycles. The number of nitrogens with zero attached hydrogens (tertiary/aromatic N) is 5. The maximum atomic E-state index is 4.92. The Balaban J connectivity index is 1.36. The van der Waals surface area contributed by atoms with Crippen LogP contribution in [0.1, 0.15) is 37.0 Å². The summed E-state index contributed by atoms with van der Waals surface area (Å²) in [5, 5.41) is 0. The van der Waals surface area contributed by atoms with Crippen LogP contribution in [0, 0.1) is 0 Å². The number of rotatable bonds is 3. The van der Waals surface area contributed by atoms with Gasteiger partial charge >= 0.3 is 0 Å². The number of likely N-dealkylation sites (N-methyl/N-ethyl adjacent to an activating group) is 1. The van der Waals surface area contributed by atoms with Gasteiger partial charge < -0.3 is 9.55 Å². The molecule has 0 unspecified atom stereocenters. The molecule has 142 valence electrons. The molecule has 2 aliphatic rings. The van der Waals surface area contributed by atoms with Crippen molar-refractivity contribution >= 4 is 11.0 Å². The van der Waals surface area contributed by atoms with Crippen LogP contribution in [0.3, 0.4) is 0 Å². The summed E-state index contributed by atoms with van der Waals surface area (Å²) in [6, 6.07) is 8.47. The van der Waals surface area contributed by atoms with Crippen molar-refractivity contribution in [2.45, 2.75) is 44.8 Å². The maximum absolute atomic E-state index is 4.92. The number of para-hydroxylation sites is 2. The van der Waals surface area contributed by atoms with Gasteiger partial charge in [0.1, 0.15) is 5.82 Å². The summed E-state index contributed by atoms with van der Waals surface area (Å²) in [7, 11) is 2.27. The van der Waals surface area contributed by atoms with Gasteiger partial charge in [0.15, 0.2) is 0 Å². The zero-order chi connectivity index (χ0) is 18.4. The highest BCUT2D eigenvalue weighted by Gasteiger charge is 2.45. The molecule has 6 heteroatoms. The topological polar surface area (TPSA) is 53.0 Å². The predicted octanol–water partition coefficient (Wildman–Crippen LogP) is 2.76. The van der Waals surface area contributed by atoms with E-state index in [2.05, 4.69) is 57.6 Å². The van der Waals surface area contributed by atoms with E-state index in [1.807, 2.05) is 6.33 Å². The molecule has 0 atom stereocenters. The van der Waals surface area contributed by atoms with Crippen molar-refractivity contribution in [1.82, 2.24) is 29.3 Å². The van der Waals surface area contributed by atoms with E-state index in [9.17, 15) is 0 Å². The Morgan fingerprint density at radius 2 is 1.96 bits per heavy atom. The normalized spacial score (nSPS) is 20.4. The molecular weight excluding hydrogens is 336 g/mol. The molecule has 4 heterocycles. The average molecular weight is 364 g/mol. The Kier molecular flexibility index (Phi) is 4.06. The molecule has 3 aromatic rings. The quantitative estimate of drug-likeness (QED) is 0.776. The second-order valence-electron chi connectivity index (χ2n) is 7.97. The van der Waals surface area contributed by atoms with E-state index in [1.54, 1.807) is 0 Å². The number of aromatic amines is 1. The van der Waals surface area contributed by atoms with Gasteiger partial charge in [0.05, 0.1) is 35.1 Å². The summed E-state index contributed by atoms with van der Waals surface area (Å²) < 4.78 is 2.36. The number of imidazole rings is 2. The molecule has 1 saturated heterocycles. The molecule has 0 saturated carbocycles. The fourth-order valence-electron chi connectivity index (χ4n) is 5.09. The summed E-state index contributed by atoms with van der Waals surface area (Å²) >= 11 is 0. The van der Waals surface area contributed by atoms with Gasteiger partial charge in [0, 0.05) is 38.3 Å². The first kappa shape index (κ1) is 17.0. The Bertz CT molecular complexity index is 947. The van der Waals surface area contributed by atoms with Gasteiger partial charge in [0.2, 0.25) is 0 Å². The van der Waals surface area contributed by atoms with Crippen LogP contribution >= 0.6 is 0 Å². The molecule has 0 radical (unpaired) electrons. The molecule has 1 N–H and O–H groups in total. The smallest absolute Gasteiger partial charge is 0.124 e. The van der Waals surface area contributed by atoms with Crippen LogP contribution in [0.5, 0.6) is 0 Å². The molecule has 5 rings (SSSR count). The molecule has 1 spiro atoms. The van der Waals surface area contributed by atoms with E-state index in [0.717, 1.165) is 57.5 Å². The first-order chi connectivity index (χ1) is 13.2. The molecule has 1 fully saturated rings. The Morgan fingerprint density at radius 3 is 2.78 bits per heavy atom. The second-order valence-corrected chi connectivity index (χ2v) is 7.97. The summed E-state index contributed by atoms with van der Waals surface area (Å²) in [6.07, 6.45) is 5.22. The van der Waals surface area contributed by atoms with E-state index in [4.69, 9.17) is 9.97 Å². The van der Waals surface area contributed by atoms with E-state index < -0.39 is 0 Å². The lowest BCUT2D eigenvalue weighted by molar-refractivity contribution is 0.0211. The minimum absolute atomic E-state index is 0.106. The fraction of sp³-hybridized carbons (Fsp3) is 0.524. The van der Waals surface area contributed by atoms with Gasteiger partial charge in [-0.1, -0.05) is 12.1 Å². The average Bonchev–Trinajstić information content (AvgIpc) is 3.31. The van der Waals surface area contributed by atoms with Gasteiger partial charge in [-0.15, -0.1) is 0 Å². The summed E-state index contributed by atoms with van der Waals surface area (Å²) in [5.41, 5.74) is 5.09.